The average Bonchev–Trinajstić information content (AvgIpc) is 2.74. The summed E-state index contributed by atoms with van der Waals surface area (Å²) in [6.45, 7) is 4.70. The Labute approximate surface area is 202 Å². The van der Waals surface area contributed by atoms with Crippen molar-refractivity contribution in [2.45, 2.75) is 70.9 Å². The van der Waals surface area contributed by atoms with Crippen LogP contribution in [-0.4, -0.2) is 64.6 Å². The minimum Gasteiger partial charge on any atom is -0.756 e. The molecule has 0 aliphatic heterocycles. The first-order chi connectivity index (χ1) is 15.7. The second-order valence-electron chi connectivity index (χ2n) is 9.69. The Kier molecular flexibility index (Phi) is 16.1. The van der Waals surface area contributed by atoms with Gasteiger partial charge in [0.15, 0.2) is 0 Å². The van der Waals surface area contributed by atoms with E-state index >= 15 is 0 Å². The monoisotopic (exact) mass is 486 g/mol. The maximum Gasteiger partial charge on any atom is 0.268 e. The highest BCUT2D eigenvalue weighted by Crippen LogP contribution is 2.39. The highest BCUT2D eigenvalue weighted by molar-refractivity contribution is 7.45. The van der Waals surface area contributed by atoms with Crippen molar-refractivity contribution < 1.29 is 27.7 Å². The number of nitrogens with one attached hydrogen (secondary N) is 1. The molecule has 1 rings (SSSR count). The van der Waals surface area contributed by atoms with Crippen LogP contribution in [0.2, 0.25) is 0 Å². The van der Waals surface area contributed by atoms with E-state index in [1.165, 1.54) is 38.5 Å². The second-order valence-corrected chi connectivity index (χ2v) is 11.1. The van der Waals surface area contributed by atoms with E-state index in [2.05, 4.69) is 12.2 Å². The van der Waals surface area contributed by atoms with Crippen LogP contribution >= 0.6 is 7.82 Å². The van der Waals surface area contributed by atoms with Gasteiger partial charge in [0.25, 0.3) is 7.82 Å². The molecule has 0 saturated heterocycles. The van der Waals surface area contributed by atoms with Gasteiger partial charge >= 0.3 is 0 Å². The number of nitrogens with zero attached hydrogens (tertiary/aromatic N) is 1. The maximum atomic E-state index is 12.3. The van der Waals surface area contributed by atoms with Gasteiger partial charge in [0.05, 0.1) is 27.7 Å². The van der Waals surface area contributed by atoms with Crippen LogP contribution in [0.15, 0.2) is 30.3 Å². The Bertz CT molecular complexity index is 639. The fourth-order valence-corrected chi connectivity index (χ4v) is 4.16. The summed E-state index contributed by atoms with van der Waals surface area (Å²) in [7, 11) is 1.54. The summed E-state index contributed by atoms with van der Waals surface area (Å²) in [5.74, 6) is 0. The van der Waals surface area contributed by atoms with E-state index in [9.17, 15) is 9.46 Å². The van der Waals surface area contributed by atoms with Crippen LogP contribution in [0.25, 0.3) is 0 Å². The first-order valence-electron chi connectivity index (χ1n) is 12.5. The maximum absolute atomic E-state index is 12.3. The summed E-state index contributed by atoms with van der Waals surface area (Å²) in [5, 5.41) is 3.27. The number of phosphoric acid groups is 1. The average molecular weight is 487 g/mol. The summed E-state index contributed by atoms with van der Waals surface area (Å²) in [5.41, 5.74) is 1.13. The molecule has 0 saturated carbocycles. The summed E-state index contributed by atoms with van der Waals surface area (Å²) < 4.78 is 29.2. The number of ether oxygens (including phenoxy) is 1. The van der Waals surface area contributed by atoms with E-state index in [1.54, 1.807) is 0 Å². The van der Waals surface area contributed by atoms with E-state index in [-0.39, 0.29) is 13.2 Å². The highest BCUT2D eigenvalue weighted by atomic mass is 31.2. The van der Waals surface area contributed by atoms with Gasteiger partial charge in [0, 0.05) is 19.7 Å². The lowest BCUT2D eigenvalue weighted by molar-refractivity contribution is -0.870. The number of likely N-dealkylation sites (N-methyl/N-ethyl adjacent to an activating group) is 1. The zero-order valence-corrected chi connectivity index (χ0v) is 22.2. The standard InChI is InChI=1S/C25H47N2O5P/c1-5-6-7-8-9-10-11-15-19-30-23-25(22-26-21-24-16-13-12-14-17-24)32-33(28,29)31-20-18-27(2,3)4/h12-14,16-17,25-26H,5-11,15,18-23H2,1-4H3. The number of phosphoric ester groups is 1. The third-order valence-electron chi connectivity index (χ3n) is 5.28. The molecule has 1 aromatic carbocycles. The summed E-state index contributed by atoms with van der Waals surface area (Å²) >= 11 is 0. The molecule has 2 atom stereocenters. The molecule has 0 spiro atoms. The third kappa shape index (κ3) is 18.2. The fraction of sp³-hybridized carbons (Fsp3) is 0.760. The number of quaternary nitrogens is 1. The molecule has 0 aliphatic carbocycles. The van der Waals surface area contributed by atoms with Crippen LogP contribution in [0.1, 0.15) is 63.9 Å². The molecule has 1 N–H and O–H groups in total. The number of benzene rings is 1. The van der Waals surface area contributed by atoms with Crippen molar-refractivity contribution in [1.29, 1.82) is 0 Å². The molecule has 0 radical (unpaired) electrons. The van der Waals surface area contributed by atoms with Gasteiger partial charge in [-0.3, -0.25) is 4.57 Å². The molecule has 7 nitrogen and oxygen atoms in total. The van der Waals surface area contributed by atoms with Crippen LogP contribution in [0.3, 0.4) is 0 Å². The highest BCUT2D eigenvalue weighted by Gasteiger charge is 2.20. The van der Waals surface area contributed by atoms with Crippen molar-refractivity contribution in [3.05, 3.63) is 35.9 Å². The Morgan fingerprint density at radius 1 is 0.970 bits per heavy atom. The molecule has 0 aromatic heterocycles. The van der Waals surface area contributed by atoms with Crippen molar-refractivity contribution in [2.24, 2.45) is 0 Å². The van der Waals surface area contributed by atoms with Gasteiger partial charge in [-0.05, 0) is 12.0 Å². The predicted molar refractivity (Wildman–Crippen MR) is 133 cm³/mol. The van der Waals surface area contributed by atoms with E-state index in [0.29, 0.717) is 30.7 Å². The number of hydrogen-bond acceptors (Lipinski definition) is 6. The van der Waals surface area contributed by atoms with Crippen LogP contribution in [0.4, 0.5) is 0 Å². The molecule has 192 valence electrons. The quantitative estimate of drug-likeness (QED) is 0.156. The first-order valence-corrected chi connectivity index (χ1v) is 13.9. The van der Waals surface area contributed by atoms with Crippen LogP contribution in [-0.2, 0) is 24.9 Å². The second kappa shape index (κ2) is 17.6. The lowest BCUT2D eigenvalue weighted by atomic mass is 10.1. The molecule has 0 fully saturated rings. The van der Waals surface area contributed by atoms with Crippen molar-refractivity contribution in [3.8, 4) is 0 Å². The predicted octanol–water partition coefficient (Wildman–Crippen LogP) is 4.51. The Balaban J connectivity index is 2.38. The van der Waals surface area contributed by atoms with Gasteiger partial charge in [0.1, 0.15) is 19.3 Å². The number of hydrogen-bond donors (Lipinski definition) is 1. The van der Waals surface area contributed by atoms with Crippen LogP contribution in [0.5, 0.6) is 0 Å². The number of rotatable bonds is 21. The Hall–Kier alpha value is -0.790. The van der Waals surface area contributed by atoms with Crippen molar-refractivity contribution >= 4 is 7.82 Å². The molecule has 33 heavy (non-hydrogen) atoms. The lowest BCUT2D eigenvalue weighted by Gasteiger charge is -2.30. The largest absolute Gasteiger partial charge is 0.756 e. The van der Waals surface area contributed by atoms with Gasteiger partial charge < -0.3 is 28.5 Å². The summed E-state index contributed by atoms with van der Waals surface area (Å²) in [6.07, 6.45) is 9.22. The minimum absolute atomic E-state index is 0.0908. The van der Waals surface area contributed by atoms with Crippen molar-refractivity contribution in [1.82, 2.24) is 5.32 Å². The molecule has 0 amide bonds. The topological polar surface area (TPSA) is 79.9 Å². The van der Waals surface area contributed by atoms with E-state index < -0.39 is 13.9 Å². The Morgan fingerprint density at radius 2 is 1.61 bits per heavy atom. The fourth-order valence-electron chi connectivity index (χ4n) is 3.29. The molecular weight excluding hydrogens is 439 g/mol. The number of unbranched alkanes of at least 4 members (excludes halogenated alkanes) is 7. The summed E-state index contributed by atoms with van der Waals surface area (Å²) in [4.78, 5) is 12.3. The third-order valence-corrected chi connectivity index (χ3v) is 6.33. The summed E-state index contributed by atoms with van der Waals surface area (Å²) in [6, 6.07) is 9.97. The molecule has 0 bridgehead atoms. The van der Waals surface area contributed by atoms with Crippen molar-refractivity contribution in [2.75, 3.05) is 54.1 Å². The molecule has 1 aromatic rings. The normalized spacial score (nSPS) is 14.8. The molecular formula is C25H47N2O5P. The first kappa shape index (κ1) is 30.2. The van der Waals surface area contributed by atoms with E-state index in [4.69, 9.17) is 13.8 Å². The van der Waals surface area contributed by atoms with Crippen LogP contribution in [0, 0.1) is 0 Å². The lowest BCUT2D eigenvalue weighted by Crippen LogP contribution is -2.38. The zero-order chi connectivity index (χ0) is 24.4. The van der Waals surface area contributed by atoms with Crippen LogP contribution < -0.4 is 10.2 Å². The molecule has 2 unspecified atom stereocenters. The Morgan fingerprint density at radius 3 is 2.24 bits per heavy atom. The van der Waals surface area contributed by atoms with E-state index in [1.807, 2.05) is 51.5 Å². The molecule has 0 aliphatic rings. The van der Waals surface area contributed by atoms with Gasteiger partial charge in [-0.2, -0.15) is 0 Å². The SMILES string of the molecule is CCCCCCCCCCOCC(CNCc1ccccc1)OP(=O)([O-])OCC[N+](C)(C)C. The molecule has 8 heteroatoms. The minimum atomic E-state index is -4.41. The van der Waals surface area contributed by atoms with Gasteiger partial charge in [-0.1, -0.05) is 82.2 Å². The smallest absolute Gasteiger partial charge is 0.268 e. The zero-order valence-electron chi connectivity index (χ0n) is 21.3. The van der Waals surface area contributed by atoms with Gasteiger partial charge in [-0.15, -0.1) is 0 Å². The van der Waals surface area contributed by atoms with Crippen molar-refractivity contribution in [3.63, 3.8) is 0 Å². The molecule has 0 heterocycles. The van der Waals surface area contributed by atoms with E-state index in [0.717, 1.165) is 18.4 Å². The van der Waals surface area contributed by atoms with Gasteiger partial charge in [0.2, 0.25) is 0 Å². The van der Waals surface area contributed by atoms with Gasteiger partial charge in [-0.25, -0.2) is 0 Å².